The number of aromatic nitrogens is 4. The first-order valence-electron chi connectivity index (χ1n) is 6.23. The highest BCUT2D eigenvalue weighted by Crippen LogP contribution is 2.29. The zero-order valence-electron chi connectivity index (χ0n) is 11.0. The quantitative estimate of drug-likeness (QED) is 0.522. The first kappa shape index (κ1) is 13.9. The predicted octanol–water partition coefficient (Wildman–Crippen LogP) is -2.50. The van der Waals surface area contributed by atoms with Crippen molar-refractivity contribution >= 4 is 17.1 Å². The lowest BCUT2D eigenvalue weighted by atomic mass is 10.1. The predicted molar refractivity (Wildman–Crippen MR) is 64.5 cm³/mol. The summed E-state index contributed by atoms with van der Waals surface area (Å²) in [7, 11) is 1.57. The van der Waals surface area contributed by atoms with Gasteiger partial charge in [0.25, 0.3) is 5.95 Å². The number of ether oxygens (including phenoxy) is 1. The van der Waals surface area contributed by atoms with Crippen LogP contribution in [0.1, 0.15) is 6.23 Å². The maximum absolute atomic E-state index is 14.2. The fraction of sp³-hybridized carbons (Fsp3) is 0.545. The highest BCUT2D eigenvalue weighted by Gasteiger charge is 2.47. The number of imidazole rings is 1. The van der Waals surface area contributed by atoms with Gasteiger partial charge >= 0.3 is 5.65 Å². The molecular formula is C11H14FN5O4. The van der Waals surface area contributed by atoms with Gasteiger partial charge in [-0.15, -0.1) is 0 Å². The van der Waals surface area contributed by atoms with Gasteiger partial charge in [0, 0.05) is 5.88 Å². The number of nitrogen functional groups attached to an aromatic ring is 1. The highest BCUT2D eigenvalue weighted by atomic mass is 19.1. The van der Waals surface area contributed by atoms with Crippen molar-refractivity contribution in [3.8, 4) is 5.88 Å². The summed E-state index contributed by atoms with van der Waals surface area (Å²) in [6.07, 6.45) is -4.09. The lowest BCUT2D eigenvalue weighted by Gasteiger charge is -2.10. The number of rotatable bonds is 2. The van der Waals surface area contributed by atoms with E-state index in [1.807, 2.05) is 0 Å². The molecule has 0 aliphatic carbocycles. The molecule has 1 saturated heterocycles. The van der Waals surface area contributed by atoms with Crippen LogP contribution in [0.25, 0.3) is 11.2 Å². The fourth-order valence-corrected chi connectivity index (χ4v) is 2.49. The van der Waals surface area contributed by atoms with Crippen LogP contribution < -0.4 is 15.4 Å². The average molecular weight is 299 g/mol. The molecule has 1 unspecified atom stereocenters. The number of aryl methyl sites for hydroxylation is 1. The van der Waals surface area contributed by atoms with Crippen LogP contribution in [0, 0.1) is 0 Å². The van der Waals surface area contributed by atoms with Crippen molar-refractivity contribution in [1.82, 2.24) is 14.5 Å². The van der Waals surface area contributed by atoms with E-state index in [4.69, 9.17) is 15.6 Å². The summed E-state index contributed by atoms with van der Waals surface area (Å²) in [5.41, 5.74) is 5.69. The molecule has 1 aliphatic heterocycles. The van der Waals surface area contributed by atoms with Crippen LogP contribution in [-0.4, -0.2) is 49.7 Å². The lowest BCUT2D eigenvalue weighted by molar-refractivity contribution is -0.744. The molecule has 2 aromatic heterocycles. The van der Waals surface area contributed by atoms with E-state index in [-0.39, 0.29) is 17.1 Å². The molecule has 1 aliphatic rings. The number of alkyl halides is 1. The minimum atomic E-state index is -1.77. The van der Waals surface area contributed by atoms with Crippen molar-refractivity contribution in [2.75, 3.05) is 12.3 Å². The number of nitrogens with two attached hydrogens (primary N) is 1. The second-order valence-corrected chi connectivity index (χ2v) is 4.88. The second-order valence-electron chi connectivity index (χ2n) is 4.88. The largest absolute Gasteiger partial charge is 0.856 e. The van der Waals surface area contributed by atoms with Gasteiger partial charge < -0.3 is 25.8 Å². The monoisotopic (exact) mass is 299 g/mol. The van der Waals surface area contributed by atoms with Gasteiger partial charge in [0.15, 0.2) is 18.0 Å². The van der Waals surface area contributed by atoms with Crippen LogP contribution in [0.3, 0.4) is 0 Å². The van der Waals surface area contributed by atoms with Crippen molar-refractivity contribution in [2.45, 2.75) is 24.6 Å². The van der Waals surface area contributed by atoms with Gasteiger partial charge in [-0.3, -0.25) is 4.57 Å². The molecule has 9 nitrogen and oxygen atoms in total. The van der Waals surface area contributed by atoms with E-state index in [9.17, 15) is 14.6 Å². The number of anilines is 1. The van der Waals surface area contributed by atoms with Crippen LogP contribution in [0.5, 0.6) is 5.88 Å². The lowest BCUT2D eigenvalue weighted by Crippen LogP contribution is -2.44. The summed E-state index contributed by atoms with van der Waals surface area (Å²) in [6.45, 7) is -0.520. The molecule has 2 aromatic rings. The van der Waals surface area contributed by atoms with Gasteiger partial charge in [-0.2, -0.15) is 0 Å². The van der Waals surface area contributed by atoms with Gasteiger partial charge in [0.1, 0.15) is 12.2 Å². The Morgan fingerprint density at radius 1 is 1.57 bits per heavy atom. The third-order valence-corrected chi connectivity index (χ3v) is 3.49. The van der Waals surface area contributed by atoms with Crippen molar-refractivity contribution in [1.29, 1.82) is 0 Å². The van der Waals surface area contributed by atoms with E-state index in [1.165, 1.54) is 15.5 Å². The van der Waals surface area contributed by atoms with E-state index in [2.05, 4.69) is 9.97 Å². The minimum Gasteiger partial charge on any atom is -0.856 e. The minimum absolute atomic E-state index is 0.105. The van der Waals surface area contributed by atoms with Crippen LogP contribution in [0.15, 0.2) is 6.33 Å². The Balaban J connectivity index is 2.13. The van der Waals surface area contributed by atoms with E-state index >= 15 is 0 Å². The van der Waals surface area contributed by atoms with Gasteiger partial charge in [-0.1, -0.05) is 4.98 Å². The molecule has 3 rings (SSSR count). The Bertz CT molecular complexity index is 693. The summed E-state index contributed by atoms with van der Waals surface area (Å²) in [4.78, 5) is 7.45. The molecule has 0 aromatic carbocycles. The first-order valence-corrected chi connectivity index (χ1v) is 6.23. The Labute approximate surface area is 118 Å². The fourth-order valence-electron chi connectivity index (χ4n) is 2.49. The Kier molecular flexibility index (Phi) is 3.15. The molecule has 4 N–H and O–H groups in total. The van der Waals surface area contributed by atoms with E-state index in [0.717, 1.165) is 0 Å². The van der Waals surface area contributed by atoms with Gasteiger partial charge in [0.2, 0.25) is 6.23 Å². The average Bonchev–Trinajstić information content (AvgIpc) is 2.89. The molecule has 1 fully saturated rings. The number of fused-ring (bicyclic) bond motifs is 1. The third-order valence-electron chi connectivity index (χ3n) is 3.49. The third kappa shape index (κ3) is 1.99. The number of halogens is 1. The summed E-state index contributed by atoms with van der Waals surface area (Å²) < 4.78 is 22.2. The SMILES string of the molecule is Cn1c[n+]([C@@H]2O[C@H](CO)[C@H](O)C2F)c2nc(N)nc([O-])c21. The van der Waals surface area contributed by atoms with Gasteiger partial charge in [-0.25, -0.2) is 13.9 Å². The summed E-state index contributed by atoms with van der Waals surface area (Å²) in [6, 6.07) is 0. The number of aliphatic hydroxyl groups excluding tert-OH is 2. The van der Waals surface area contributed by atoms with Crippen molar-refractivity contribution < 1.29 is 29.0 Å². The first-order chi connectivity index (χ1) is 9.93. The van der Waals surface area contributed by atoms with E-state index in [1.54, 1.807) is 7.05 Å². The second kappa shape index (κ2) is 4.76. The molecule has 0 radical (unpaired) electrons. The van der Waals surface area contributed by atoms with E-state index in [0.29, 0.717) is 0 Å². The molecule has 10 heteroatoms. The molecular weight excluding hydrogens is 285 g/mol. The van der Waals surface area contributed by atoms with Crippen LogP contribution in [0.4, 0.5) is 10.3 Å². The van der Waals surface area contributed by atoms with Gasteiger partial charge in [0.05, 0.1) is 13.7 Å². The topological polar surface area (TPSA) is 133 Å². The molecule has 3 heterocycles. The maximum Gasteiger partial charge on any atom is 0.309 e. The summed E-state index contributed by atoms with van der Waals surface area (Å²) in [5, 5.41) is 30.6. The zero-order valence-corrected chi connectivity index (χ0v) is 11.0. The van der Waals surface area contributed by atoms with Crippen LogP contribution in [0.2, 0.25) is 0 Å². The Morgan fingerprint density at radius 3 is 2.90 bits per heavy atom. The molecule has 0 spiro atoms. The van der Waals surface area contributed by atoms with Crippen molar-refractivity contribution in [3.05, 3.63) is 6.33 Å². The Hall–Kier alpha value is -2.04. The van der Waals surface area contributed by atoms with Crippen LogP contribution >= 0.6 is 0 Å². The normalized spacial score (nSPS) is 29.3. The van der Waals surface area contributed by atoms with Gasteiger partial charge in [-0.05, 0) is 0 Å². The van der Waals surface area contributed by atoms with E-state index < -0.39 is 37.1 Å². The molecule has 0 saturated carbocycles. The molecule has 21 heavy (non-hydrogen) atoms. The number of hydrogen-bond acceptors (Lipinski definition) is 7. The maximum atomic E-state index is 14.2. The van der Waals surface area contributed by atoms with Crippen LogP contribution in [-0.2, 0) is 11.8 Å². The van der Waals surface area contributed by atoms with Crippen molar-refractivity contribution in [3.63, 3.8) is 0 Å². The molecule has 114 valence electrons. The molecule has 0 bridgehead atoms. The van der Waals surface area contributed by atoms with Crippen molar-refractivity contribution in [2.24, 2.45) is 7.05 Å². The number of nitrogens with zero attached hydrogens (tertiary/aromatic N) is 4. The Morgan fingerprint density at radius 2 is 2.29 bits per heavy atom. The number of hydrogen-bond donors (Lipinski definition) is 3. The number of aliphatic hydroxyl groups is 2. The zero-order chi connectivity index (χ0) is 15.3. The summed E-state index contributed by atoms with van der Waals surface area (Å²) in [5.74, 6) is -0.827. The smallest absolute Gasteiger partial charge is 0.309 e. The highest BCUT2D eigenvalue weighted by molar-refractivity contribution is 5.73. The summed E-state index contributed by atoms with van der Waals surface area (Å²) >= 11 is 0. The standard InChI is InChI=1S/C11H14FN5O4/c1-16-3-17(8-6(16)9(20)15-11(13)14-8)10-5(12)7(19)4(2-18)21-10/h3-5,7,10,18-19H,2H2,1H3,(H2-,13,14,15,20)/t4-,5?,7+,10-/m1/s1. The molecule has 0 amide bonds. The molecule has 4 atom stereocenters.